The van der Waals surface area contributed by atoms with Crippen LogP contribution in [0.2, 0.25) is 0 Å². The molecule has 1 aliphatic rings. The second kappa shape index (κ2) is 8.16. The zero-order valence-electron chi connectivity index (χ0n) is 15.7. The number of hydrogen-bond donors (Lipinski definition) is 0. The fourth-order valence-corrected chi connectivity index (χ4v) is 3.13. The average Bonchev–Trinajstić information content (AvgIpc) is 2.69. The van der Waals surface area contributed by atoms with Crippen molar-refractivity contribution >= 4 is 11.8 Å². The first-order chi connectivity index (χ1) is 13.0. The highest BCUT2D eigenvalue weighted by molar-refractivity contribution is 5.77. The molecular formula is C20H24N4O3. The molecule has 1 aromatic heterocycles. The van der Waals surface area contributed by atoms with Crippen molar-refractivity contribution in [1.29, 1.82) is 0 Å². The van der Waals surface area contributed by atoms with Crippen molar-refractivity contribution in [2.45, 2.75) is 26.8 Å². The lowest BCUT2D eigenvalue weighted by Gasteiger charge is -2.34. The Balaban J connectivity index is 1.72. The third kappa shape index (κ3) is 4.42. The van der Waals surface area contributed by atoms with E-state index in [0.29, 0.717) is 31.9 Å². The Kier molecular flexibility index (Phi) is 5.69. The molecule has 1 fully saturated rings. The molecule has 0 saturated carbocycles. The van der Waals surface area contributed by atoms with Crippen LogP contribution in [-0.4, -0.2) is 57.6 Å². The lowest BCUT2D eigenvalue weighted by molar-refractivity contribution is -0.139. The summed E-state index contributed by atoms with van der Waals surface area (Å²) in [5, 5.41) is 4.37. The summed E-state index contributed by atoms with van der Waals surface area (Å²) in [4.78, 5) is 39.5. The predicted molar refractivity (Wildman–Crippen MR) is 102 cm³/mol. The minimum atomic E-state index is -0.306. The smallest absolute Gasteiger partial charge is 0.267 e. The Morgan fingerprint density at radius 1 is 0.963 bits per heavy atom. The summed E-state index contributed by atoms with van der Waals surface area (Å²) in [5.41, 5.74) is 2.49. The van der Waals surface area contributed by atoms with Gasteiger partial charge in [-0.05, 0) is 18.1 Å². The zero-order chi connectivity index (χ0) is 19.4. The average molecular weight is 368 g/mol. The normalized spacial score (nSPS) is 14.3. The van der Waals surface area contributed by atoms with Gasteiger partial charge in [0.2, 0.25) is 11.8 Å². The van der Waals surface area contributed by atoms with Gasteiger partial charge in [-0.3, -0.25) is 14.4 Å². The van der Waals surface area contributed by atoms with Crippen LogP contribution in [0.3, 0.4) is 0 Å². The van der Waals surface area contributed by atoms with E-state index in [0.717, 1.165) is 12.0 Å². The van der Waals surface area contributed by atoms with Gasteiger partial charge in [0.1, 0.15) is 6.54 Å². The second-order valence-corrected chi connectivity index (χ2v) is 6.65. The van der Waals surface area contributed by atoms with Crippen LogP contribution >= 0.6 is 0 Å². The number of aromatic nitrogens is 2. The van der Waals surface area contributed by atoms with E-state index in [9.17, 15) is 14.4 Å². The number of piperazine rings is 1. The summed E-state index contributed by atoms with van der Waals surface area (Å²) in [5.74, 6) is -0.145. The molecule has 0 spiro atoms. The molecule has 1 saturated heterocycles. The van der Waals surface area contributed by atoms with Crippen molar-refractivity contribution in [3.05, 3.63) is 52.3 Å². The van der Waals surface area contributed by atoms with E-state index in [1.807, 2.05) is 24.3 Å². The summed E-state index contributed by atoms with van der Waals surface area (Å²) in [6.45, 7) is 5.52. The first-order valence-electron chi connectivity index (χ1n) is 9.18. The molecule has 0 unspecified atom stereocenters. The van der Waals surface area contributed by atoms with E-state index in [1.165, 1.54) is 23.2 Å². The molecule has 1 aliphatic heterocycles. The highest BCUT2D eigenvalue weighted by Crippen LogP contribution is 2.16. The molecule has 27 heavy (non-hydrogen) atoms. The number of aryl methyl sites for hydroxylation is 1. The van der Waals surface area contributed by atoms with E-state index in [1.54, 1.807) is 15.9 Å². The summed E-state index contributed by atoms with van der Waals surface area (Å²) in [6.07, 6.45) is 0.957. The van der Waals surface area contributed by atoms with E-state index in [-0.39, 0.29) is 23.9 Å². The fourth-order valence-electron chi connectivity index (χ4n) is 3.13. The third-order valence-electron chi connectivity index (χ3n) is 4.89. The van der Waals surface area contributed by atoms with Crippen molar-refractivity contribution in [1.82, 2.24) is 19.6 Å². The van der Waals surface area contributed by atoms with Gasteiger partial charge in [-0.1, -0.05) is 31.2 Å². The number of benzene rings is 1. The summed E-state index contributed by atoms with van der Waals surface area (Å²) < 4.78 is 1.21. The molecule has 0 bridgehead atoms. The fraction of sp³-hybridized carbons (Fsp3) is 0.400. The minimum absolute atomic E-state index is 0.0155. The Hall–Kier alpha value is -2.96. The molecule has 7 heteroatoms. The highest BCUT2D eigenvalue weighted by atomic mass is 16.2. The van der Waals surface area contributed by atoms with Gasteiger partial charge in [0.25, 0.3) is 5.56 Å². The van der Waals surface area contributed by atoms with E-state index in [4.69, 9.17) is 0 Å². The molecule has 3 rings (SSSR count). The SMILES string of the molecule is CCc1ccc(-c2ccc(=O)n(CC(=O)N3CCN(C(C)=O)CC3)n2)cc1. The maximum Gasteiger partial charge on any atom is 0.267 e. The number of rotatable bonds is 4. The maximum atomic E-state index is 12.6. The van der Waals surface area contributed by atoms with Gasteiger partial charge in [-0.25, -0.2) is 4.68 Å². The number of amides is 2. The van der Waals surface area contributed by atoms with Crippen molar-refractivity contribution in [2.75, 3.05) is 26.2 Å². The van der Waals surface area contributed by atoms with E-state index < -0.39 is 0 Å². The first kappa shape index (κ1) is 18.8. The van der Waals surface area contributed by atoms with Crippen LogP contribution in [0.25, 0.3) is 11.3 Å². The summed E-state index contributed by atoms with van der Waals surface area (Å²) >= 11 is 0. The molecule has 0 radical (unpaired) electrons. The molecule has 0 N–H and O–H groups in total. The largest absolute Gasteiger partial charge is 0.339 e. The van der Waals surface area contributed by atoms with Crippen LogP contribution in [-0.2, 0) is 22.6 Å². The first-order valence-corrected chi connectivity index (χ1v) is 9.18. The predicted octanol–water partition coefficient (Wildman–Crippen LogP) is 1.16. The molecule has 0 atom stereocenters. The molecule has 2 heterocycles. The van der Waals surface area contributed by atoms with E-state index in [2.05, 4.69) is 12.0 Å². The van der Waals surface area contributed by atoms with Crippen molar-refractivity contribution < 1.29 is 9.59 Å². The van der Waals surface area contributed by atoms with Crippen LogP contribution in [0, 0.1) is 0 Å². The standard InChI is InChI=1S/C20H24N4O3/c1-3-16-4-6-17(7-5-16)18-8-9-19(26)24(21-18)14-20(27)23-12-10-22(11-13-23)15(2)25/h4-9H,3,10-14H2,1-2H3. The van der Waals surface area contributed by atoms with Crippen molar-refractivity contribution in [3.63, 3.8) is 0 Å². The lowest BCUT2D eigenvalue weighted by Crippen LogP contribution is -2.51. The summed E-state index contributed by atoms with van der Waals surface area (Å²) in [7, 11) is 0. The van der Waals surface area contributed by atoms with Crippen LogP contribution in [0.15, 0.2) is 41.2 Å². The lowest BCUT2D eigenvalue weighted by atomic mass is 10.1. The molecule has 0 aliphatic carbocycles. The number of carbonyl (C=O) groups excluding carboxylic acids is 2. The molecule has 2 aromatic rings. The van der Waals surface area contributed by atoms with Gasteiger partial charge >= 0.3 is 0 Å². The van der Waals surface area contributed by atoms with Gasteiger partial charge in [0.15, 0.2) is 0 Å². The number of hydrogen-bond acceptors (Lipinski definition) is 4. The highest BCUT2D eigenvalue weighted by Gasteiger charge is 2.23. The van der Waals surface area contributed by atoms with Gasteiger partial charge in [0, 0.05) is 44.7 Å². The Labute approximate surface area is 158 Å². The van der Waals surface area contributed by atoms with Crippen LogP contribution in [0.5, 0.6) is 0 Å². The molecule has 7 nitrogen and oxygen atoms in total. The van der Waals surface area contributed by atoms with Crippen molar-refractivity contribution in [3.8, 4) is 11.3 Å². The van der Waals surface area contributed by atoms with Crippen LogP contribution in [0.1, 0.15) is 19.4 Å². The van der Waals surface area contributed by atoms with E-state index >= 15 is 0 Å². The molecular weight excluding hydrogens is 344 g/mol. The quantitative estimate of drug-likeness (QED) is 0.812. The Morgan fingerprint density at radius 3 is 2.19 bits per heavy atom. The maximum absolute atomic E-state index is 12.6. The Bertz CT molecular complexity index is 881. The summed E-state index contributed by atoms with van der Waals surface area (Å²) in [6, 6.07) is 11.1. The van der Waals surface area contributed by atoms with Gasteiger partial charge in [-0.2, -0.15) is 5.10 Å². The topological polar surface area (TPSA) is 75.5 Å². The molecule has 2 amide bonds. The number of carbonyl (C=O) groups is 2. The number of nitrogens with zero attached hydrogens (tertiary/aromatic N) is 4. The van der Waals surface area contributed by atoms with Gasteiger partial charge < -0.3 is 9.80 Å². The Morgan fingerprint density at radius 2 is 1.59 bits per heavy atom. The monoisotopic (exact) mass is 368 g/mol. The second-order valence-electron chi connectivity index (χ2n) is 6.65. The van der Waals surface area contributed by atoms with Crippen LogP contribution in [0.4, 0.5) is 0 Å². The van der Waals surface area contributed by atoms with Gasteiger partial charge in [-0.15, -0.1) is 0 Å². The van der Waals surface area contributed by atoms with Gasteiger partial charge in [0.05, 0.1) is 5.69 Å². The molecule has 142 valence electrons. The van der Waals surface area contributed by atoms with Crippen molar-refractivity contribution in [2.24, 2.45) is 0 Å². The van der Waals surface area contributed by atoms with Crippen LogP contribution < -0.4 is 5.56 Å². The molecule has 1 aromatic carbocycles. The third-order valence-corrected chi connectivity index (χ3v) is 4.89. The minimum Gasteiger partial charge on any atom is -0.339 e. The zero-order valence-corrected chi connectivity index (χ0v) is 15.7.